The minimum atomic E-state index is -0.975. The Labute approximate surface area is 108 Å². The fraction of sp³-hybridized carbons (Fsp3) is 0.846. The second-order valence-corrected chi connectivity index (χ2v) is 6.62. The predicted molar refractivity (Wildman–Crippen MR) is 67.3 cm³/mol. The van der Waals surface area contributed by atoms with E-state index in [-0.39, 0.29) is 11.4 Å². The average molecular weight is 254 g/mol. The van der Waals surface area contributed by atoms with Gasteiger partial charge in [-0.05, 0) is 30.6 Å². The fourth-order valence-electron chi connectivity index (χ4n) is 2.45. The van der Waals surface area contributed by atoms with Gasteiger partial charge in [0, 0.05) is 13.1 Å². The Morgan fingerprint density at radius 2 is 1.94 bits per heavy atom. The average Bonchev–Trinajstić information content (AvgIpc) is 2.85. The summed E-state index contributed by atoms with van der Waals surface area (Å²) in [5, 5.41) is 11.7. The molecule has 1 heterocycles. The number of hydrogen-bond donors (Lipinski definition) is 2. The lowest BCUT2D eigenvalue weighted by atomic mass is 9.80. The molecule has 2 N–H and O–H groups in total. The van der Waals surface area contributed by atoms with Crippen molar-refractivity contribution in [2.75, 3.05) is 13.1 Å². The van der Waals surface area contributed by atoms with Crippen molar-refractivity contribution < 1.29 is 14.7 Å². The molecule has 1 saturated heterocycles. The maximum atomic E-state index is 12.0. The number of carbonyl (C=O) groups excluding carboxylic acids is 1. The van der Waals surface area contributed by atoms with Gasteiger partial charge in [-0.15, -0.1) is 0 Å². The molecule has 2 aliphatic rings. The van der Waals surface area contributed by atoms with Gasteiger partial charge in [0.05, 0.1) is 0 Å². The van der Waals surface area contributed by atoms with Crippen molar-refractivity contribution >= 4 is 12.0 Å². The van der Waals surface area contributed by atoms with Gasteiger partial charge < -0.3 is 15.3 Å². The molecule has 0 radical (unpaired) electrons. The van der Waals surface area contributed by atoms with Gasteiger partial charge >= 0.3 is 12.0 Å². The third-order valence-electron chi connectivity index (χ3n) is 4.21. The summed E-state index contributed by atoms with van der Waals surface area (Å²) in [6, 6.07) is -0.221. The Morgan fingerprint density at radius 3 is 2.33 bits per heavy atom. The quantitative estimate of drug-likeness (QED) is 0.787. The first kappa shape index (κ1) is 13.2. The molecule has 0 aromatic rings. The summed E-state index contributed by atoms with van der Waals surface area (Å²) in [7, 11) is 0. The molecule has 5 nitrogen and oxygen atoms in total. The van der Waals surface area contributed by atoms with Crippen LogP contribution < -0.4 is 5.32 Å². The smallest absolute Gasteiger partial charge is 0.329 e. The molecule has 1 aliphatic carbocycles. The standard InChI is InChI=1S/C13H22N2O3/c1-12(2,3)9-4-7-15(8-9)11(18)14-13(5-6-13)10(16)17/h9H,4-8H2,1-3H3,(H,14,18)(H,16,17). The number of nitrogens with one attached hydrogen (secondary N) is 1. The SMILES string of the molecule is CC(C)(C)C1CCN(C(=O)NC2(C(=O)O)CC2)C1. The summed E-state index contributed by atoms with van der Waals surface area (Å²) >= 11 is 0. The monoisotopic (exact) mass is 254 g/mol. The zero-order valence-electron chi connectivity index (χ0n) is 11.3. The third-order valence-corrected chi connectivity index (χ3v) is 4.21. The van der Waals surface area contributed by atoms with E-state index in [2.05, 4.69) is 26.1 Å². The first-order valence-corrected chi connectivity index (χ1v) is 6.55. The Morgan fingerprint density at radius 1 is 1.33 bits per heavy atom. The first-order valence-electron chi connectivity index (χ1n) is 6.55. The molecule has 0 aromatic heterocycles. The van der Waals surface area contributed by atoms with Crippen molar-refractivity contribution in [1.29, 1.82) is 0 Å². The van der Waals surface area contributed by atoms with Gasteiger partial charge in [0.15, 0.2) is 0 Å². The fourth-order valence-corrected chi connectivity index (χ4v) is 2.45. The van der Waals surface area contributed by atoms with Gasteiger partial charge in [-0.2, -0.15) is 0 Å². The highest BCUT2D eigenvalue weighted by molar-refractivity contribution is 5.89. The van der Waals surface area contributed by atoms with Crippen LogP contribution in [-0.2, 0) is 4.79 Å². The highest BCUT2D eigenvalue weighted by Crippen LogP contribution is 2.37. The summed E-state index contributed by atoms with van der Waals surface area (Å²) in [5.74, 6) is -0.425. The van der Waals surface area contributed by atoms with E-state index in [0.717, 1.165) is 19.5 Å². The van der Waals surface area contributed by atoms with E-state index in [1.807, 2.05) is 0 Å². The Balaban J connectivity index is 1.91. The molecule has 2 fully saturated rings. The van der Waals surface area contributed by atoms with Gasteiger partial charge in [-0.25, -0.2) is 9.59 Å². The third kappa shape index (κ3) is 2.44. The maximum absolute atomic E-state index is 12.0. The van der Waals surface area contributed by atoms with Crippen molar-refractivity contribution in [1.82, 2.24) is 10.2 Å². The van der Waals surface area contributed by atoms with Crippen LogP contribution in [0.5, 0.6) is 0 Å². The molecule has 1 unspecified atom stereocenters. The number of amides is 2. The van der Waals surface area contributed by atoms with Crippen molar-refractivity contribution in [3.05, 3.63) is 0 Å². The molecular formula is C13H22N2O3. The summed E-state index contributed by atoms with van der Waals surface area (Å²) in [5.41, 5.74) is -0.782. The second kappa shape index (κ2) is 4.14. The largest absolute Gasteiger partial charge is 0.480 e. The Bertz CT molecular complexity index is 369. The van der Waals surface area contributed by atoms with Crippen LogP contribution in [0.2, 0.25) is 0 Å². The van der Waals surface area contributed by atoms with Gasteiger partial charge in [0.1, 0.15) is 5.54 Å². The van der Waals surface area contributed by atoms with E-state index in [1.54, 1.807) is 4.90 Å². The Kier molecular flexibility index (Phi) is 3.03. The topological polar surface area (TPSA) is 69.6 Å². The summed E-state index contributed by atoms with van der Waals surface area (Å²) in [6.07, 6.45) is 2.09. The lowest BCUT2D eigenvalue weighted by Crippen LogP contribution is -2.49. The lowest BCUT2D eigenvalue weighted by molar-refractivity contribution is -0.140. The van der Waals surface area contributed by atoms with Crippen molar-refractivity contribution in [3.63, 3.8) is 0 Å². The number of carboxylic acid groups (broad SMARTS) is 1. The van der Waals surface area contributed by atoms with E-state index in [1.165, 1.54) is 0 Å². The molecule has 0 aromatic carbocycles. The van der Waals surface area contributed by atoms with E-state index in [9.17, 15) is 9.59 Å². The number of rotatable bonds is 2. The van der Waals surface area contributed by atoms with Crippen LogP contribution in [0.15, 0.2) is 0 Å². The van der Waals surface area contributed by atoms with E-state index >= 15 is 0 Å². The summed E-state index contributed by atoms with van der Waals surface area (Å²) in [4.78, 5) is 24.8. The van der Waals surface area contributed by atoms with Crippen molar-refractivity contribution in [3.8, 4) is 0 Å². The number of carbonyl (C=O) groups is 2. The van der Waals surface area contributed by atoms with Crippen molar-refractivity contribution in [2.45, 2.75) is 45.6 Å². The van der Waals surface area contributed by atoms with Crippen LogP contribution in [0, 0.1) is 11.3 Å². The predicted octanol–water partition coefficient (Wildman–Crippen LogP) is 1.68. The zero-order valence-corrected chi connectivity index (χ0v) is 11.3. The number of aliphatic carboxylic acids is 1. The molecular weight excluding hydrogens is 232 g/mol. The number of carboxylic acids is 1. The number of likely N-dealkylation sites (tertiary alicyclic amines) is 1. The Hall–Kier alpha value is -1.26. The van der Waals surface area contributed by atoms with E-state index in [0.29, 0.717) is 18.8 Å². The summed E-state index contributed by atoms with van der Waals surface area (Å²) in [6.45, 7) is 7.99. The minimum absolute atomic E-state index is 0.194. The lowest BCUT2D eigenvalue weighted by Gasteiger charge is -2.27. The maximum Gasteiger partial charge on any atom is 0.329 e. The molecule has 1 aliphatic heterocycles. The molecule has 1 atom stereocenters. The molecule has 102 valence electrons. The molecule has 5 heteroatoms. The molecule has 2 amide bonds. The van der Waals surface area contributed by atoms with Gasteiger partial charge in [-0.3, -0.25) is 0 Å². The molecule has 0 bridgehead atoms. The van der Waals surface area contributed by atoms with E-state index < -0.39 is 11.5 Å². The highest BCUT2D eigenvalue weighted by atomic mass is 16.4. The van der Waals surface area contributed by atoms with Crippen LogP contribution in [0.3, 0.4) is 0 Å². The molecule has 18 heavy (non-hydrogen) atoms. The highest BCUT2D eigenvalue weighted by Gasteiger charge is 2.52. The molecule has 2 rings (SSSR count). The van der Waals surface area contributed by atoms with Gasteiger partial charge in [0.2, 0.25) is 0 Å². The van der Waals surface area contributed by atoms with Crippen molar-refractivity contribution in [2.24, 2.45) is 11.3 Å². The van der Waals surface area contributed by atoms with Crippen LogP contribution in [0.1, 0.15) is 40.0 Å². The van der Waals surface area contributed by atoms with Gasteiger partial charge in [0.25, 0.3) is 0 Å². The number of urea groups is 1. The summed E-state index contributed by atoms with van der Waals surface area (Å²) < 4.78 is 0. The first-order chi connectivity index (χ1) is 8.24. The van der Waals surface area contributed by atoms with Crippen LogP contribution >= 0.6 is 0 Å². The zero-order chi connectivity index (χ0) is 13.6. The molecule has 1 saturated carbocycles. The normalized spacial score (nSPS) is 25.9. The van der Waals surface area contributed by atoms with Crippen LogP contribution in [0.4, 0.5) is 4.79 Å². The van der Waals surface area contributed by atoms with Crippen LogP contribution in [0.25, 0.3) is 0 Å². The second-order valence-electron chi connectivity index (χ2n) is 6.62. The van der Waals surface area contributed by atoms with E-state index in [4.69, 9.17) is 5.11 Å². The number of nitrogens with zero attached hydrogens (tertiary/aromatic N) is 1. The van der Waals surface area contributed by atoms with Gasteiger partial charge in [-0.1, -0.05) is 20.8 Å². The molecule has 0 spiro atoms. The number of hydrogen-bond acceptors (Lipinski definition) is 2. The minimum Gasteiger partial charge on any atom is -0.480 e. The van der Waals surface area contributed by atoms with Crippen LogP contribution in [-0.4, -0.2) is 40.6 Å².